The molecule has 8 heteroatoms. The van der Waals surface area contributed by atoms with Crippen molar-refractivity contribution in [2.45, 2.75) is 71.2 Å². The van der Waals surface area contributed by atoms with Crippen molar-refractivity contribution in [1.82, 2.24) is 0 Å². The third-order valence-corrected chi connectivity index (χ3v) is 10.6. The fraction of sp³-hybridized carbons (Fsp3) is 0.808. The zero-order valence-corrected chi connectivity index (χ0v) is 22.7. The average molecular weight is 493 g/mol. The number of ether oxygens (including phenoxy) is 3. The van der Waals surface area contributed by atoms with Crippen LogP contribution in [0.15, 0.2) is 12.2 Å². The van der Waals surface area contributed by atoms with Crippen molar-refractivity contribution in [2.75, 3.05) is 21.3 Å². The molecule has 0 amide bonds. The van der Waals surface area contributed by atoms with Gasteiger partial charge in [-0.3, -0.25) is 14.4 Å². The Morgan fingerprint density at radius 2 is 1.65 bits per heavy atom. The number of carbonyl (C=O) groups excluding carboxylic acids is 3. The molecule has 4 saturated carbocycles. The topological polar surface area (TPSA) is 88.1 Å². The molecule has 0 saturated heterocycles. The standard InChI is InChI=1S/C26H40O7Si/c1-15-13-25-14-16(15)17(33-34(6,7)8)12-18(25)26(23(29)32-5)11-9-10-24(2,22(28)31-4)20(26)19(25)21(27)30-3/h16-20H,1,9-14H2,2-8H3/t16?,17-,18+,19+,20+,24+,25-,26+/m0/s1. The minimum Gasteiger partial charge on any atom is -0.469 e. The molecular weight excluding hydrogens is 452 g/mol. The summed E-state index contributed by atoms with van der Waals surface area (Å²) in [6.07, 6.45) is 3.78. The monoisotopic (exact) mass is 492 g/mol. The summed E-state index contributed by atoms with van der Waals surface area (Å²) < 4.78 is 22.8. The molecule has 4 rings (SSSR count). The number of rotatable bonds is 5. The van der Waals surface area contributed by atoms with Crippen LogP contribution in [0.3, 0.4) is 0 Å². The van der Waals surface area contributed by atoms with E-state index in [1.807, 2.05) is 6.92 Å². The van der Waals surface area contributed by atoms with Crippen molar-refractivity contribution in [3.63, 3.8) is 0 Å². The van der Waals surface area contributed by atoms with Crippen LogP contribution in [0.5, 0.6) is 0 Å². The van der Waals surface area contributed by atoms with Gasteiger partial charge in [0, 0.05) is 11.8 Å². The van der Waals surface area contributed by atoms with Gasteiger partial charge in [-0.2, -0.15) is 0 Å². The van der Waals surface area contributed by atoms with E-state index in [0.29, 0.717) is 32.1 Å². The Morgan fingerprint density at radius 1 is 1.00 bits per heavy atom. The number of fused-ring (bicyclic) bond motifs is 3. The number of hydrogen-bond acceptors (Lipinski definition) is 7. The van der Waals surface area contributed by atoms with Crippen LogP contribution in [0.1, 0.15) is 45.4 Å². The largest absolute Gasteiger partial charge is 0.469 e. The summed E-state index contributed by atoms with van der Waals surface area (Å²) in [5.74, 6) is -2.26. The minimum atomic E-state index is -1.88. The molecule has 4 aliphatic rings. The lowest BCUT2D eigenvalue weighted by Gasteiger charge is -2.51. The highest BCUT2D eigenvalue weighted by Crippen LogP contribution is 2.78. The predicted molar refractivity (Wildman–Crippen MR) is 128 cm³/mol. The molecule has 8 atom stereocenters. The quantitative estimate of drug-likeness (QED) is 0.247. The van der Waals surface area contributed by atoms with Crippen LogP contribution in [0.2, 0.25) is 19.6 Å². The Morgan fingerprint density at radius 3 is 2.21 bits per heavy atom. The van der Waals surface area contributed by atoms with E-state index in [9.17, 15) is 14.4 Å². The van der Waals surface area contributed by atoms with Crippen molar-refractivity contribution in [3.05, 3.63) is 12.2 Å². The van der Waals surface area contributed by atoms with Crippen LogP contribution in [-0.2, 0) is 33.0 Å². The van der Waals surface area contributed by atoms with Gasteiger partial charge in [-0.15, -0.1) is 0 Å². The molecule has 0 radical (unpaired) electrons. The molecule has 4 fully saturated rings. The Labute approximate surface area is 204 Å². The molecule has 0 heterocycles. The summed E-state index contributed by atoms with van der Waals surface area (Å²) in [6, 6.07) is 0. The summed E-state index contributed by atoms with van der Waals surface area (Å²) >= 11 is 0. The normalized spacial score (nSPS) is 43.0. The lowest BCUT2D eigenvalue weighted by atomic mass is 9.52. The van der Waals surface area contributed by atoms with E-state index in [1.54, 1.807) is 0 Å². The van der Waals surface area contributed by atoms with Crippen LogP contribution in [0.25, 0.3) is 0 Å². The lowest BCUT2D eigenvalue weighted by Crippen LogP contribution is -2.56. The van der Waals surface area contributed by atoms with E-state index in [1.165, 1.54) is 21.3 Å². The molecule has 4 aliphatic carbocycles. The third kappa shape index (κ3) is 3.27. The van der Waals surface area contributed by atoms with Crippen LogP contribution in [0, 0.1) is 39.9 Å². The minimum absolute atomic E-state index is 0.0512. The first-order valence-corrected chi connectivity index (χ1v) is 15.8. The first-order chi connectivity index (χ1) is 15.8. The molecule has 1 unspecified atom stereocenters. The van der Waals surface area contributed by atoms with E-state index in [4.69, 9.17) is 18.6 Å². The molecule has 2 bridgehead atoms. The predicted octanol–water partition coefficient (Wildman–Crippen LogP) is 4.12. The van der Waals surface area contributed by atoms with Gasteiger partial charge >= 0.3 is 17.9 Å². The maximum Gasteiger partial charge on any atom is 0.312 e. The van der Waals surface area contributed by atoms with Crippen molar-refractivity contribution < 1.29 is 33.0 Å². The molecule has 0 N–H and O–H groups in total. The van der Waals surface area contributed by atoms with Crippen LogP contribution in [-0.4, -0.2) is 53.7 Å². The summed E-state index contributed by atoms with van der Waals surface area (Å²) in [5, 5.41) is 0. The Kier molecular flexibility index (Phi) is 6.12. The van der Waals surface area contributed by atoms with Gasteiger partial charge < -0.3 is 18.6 Å². The number of carbonyl (C=O) groups is 3. The zero-order chi connectivity index (χ0) is 25.3. The maximum atomic E-state index is 13.8. The van der Waals surface area contributed by atoms with E-state index in [2.05, 4.69) is 26.2 Å². The Balaban J connectivity index is 1.97. The lowest BCUT2D eigenvalue weighted by molar-refractivity contribution is -0.182. The molecule has 1 spiro atoms. The molecule has 0 aromatic carbocycles. The highest BCUT2D eigenvalue weighted by molar-refractivity contribution is 6.69. The Hall–Kier alpha value is -1.67. The molecule has 7 nitrogen and oxygen atoms in total. The van der Waals surface area contributed by atoms with E-state index < -0.39 is 36.4 Å². The van der Waals surface area contributed by atoms with Gasteiger partial charge in [-0.25, -0.2) is 0 Å². The molecule has 0 aromatic rings. The third-order valence-electron chi connectivity index (χ3n) is 9.57. The van der Waals surface area contributed by atoms with Crippen molar-refractivity contribution in [2.24, 2.45) is 39.9 Å². The molecule has 0 aliphatic heterocycles. The summed E-state index contributed by atoms with van der Waals surface area (Å²) in [4.78, 5) is 40.7. The summed E-state index contributed by atoms with van der Waals surface area (Å²) in [6.45, 7) is 12.8. The molecule has 0 aromatic heterocycles. The van der Waals surface area contributed by atoms with Crippen LogP contribution < -0.4 is 0 Å². The fourth-order valence-corrected chi connectivity index (χ4v) is 9.94. The number of methoxy groups -OCH3 is 3. The fourth-order valence-electron chi connectivity index (χ4n) is 8.77. The number of hydrogen-bond donors (Lipinski definition) is 0. The van der Waals surface area contributed by atoms with Gasteiger partial charge in [0.1, 0.15) is 0 Å². The maximum absolute atomic E-state index is 13.8. The molecule has 190 valence electrons. The van der Waals surface area contributed by atoms with E-state index in [0.717, 1.165) is 12.0 Å². The number of esters is 3. The van der Waals surface area contributed by atoms with Crippen molar-refractivity contribution >= 4 is 26.2 Å². The van der Waals surface area contributed by atoms with Gasteiger partial charge in [0.25, 0.3) is 0 Å². The van der Waals surface area contributed by atoms with Crippen LogP contribution in [0.4, 0.5) is 0 Å². The highest BCUT2D eigenvalue weighted by Gasteiger charge is 2.80. The van der Waals surface area contributed by atoms with Gasteiger partial charge in [0.05, 0.1) is 44.2 Å². The van der Waals surface area contributed by atoms with Gasteiger partial charge in [0.15, 0.2) is 8.32 Å². The van der Waals surface area contributed by atoms with Crippen LogP contribution >= 0.6 is 0 Å². The Bertz CT molecular complexity index is 909. The first-order valence-electron chi connectivity index (χ1n) is 12.4. The van der Waals surface area contributed by atoms with Gasteiger partial charge in [-0.1, -0.05) is 18.6 Å². The molecule has 34 heavy (non-hydrogen) atoms. The van der Waals surface area contributed by atoms with Crippen molar-refractivity contribution in [1.29, 1.82) is 0 Å². The second-order valence-corrected chi connectivity index (χ2v) is 16.7. The molecular formula is C26H40O7Si. The van der Waals surface area contributed by atoms with E-state index in [-0.39, 0.29) is 35.8 Å². The van der Waals surface area contributed by atoms with E-state index >= 15 is 0 Å². The SMILES string of the molecule is C=C1C[C@]23CC1[C@@H](O[Si](C)(C)C)C[C@H]2[C@]1(C(=O)OC)CCC[C@@](C)(C(=O)OC)[C@H]1[C@@H]3C(=O)OC. The van der Waals surface area contributed by atoms with Gasteiger partial charge in [-0.05, 0) is 70.0 Å². The van der Waals surface area contributed by atoms with Gasteiger partial charge in [0.2, 0.25) is 0 Å². The first kappa shape index (κ1) is 25.4. The summed E-state index contributed by atoms with van der Waals surface area (Å²) in [7, 11) is 2.29. The average Bonchev–Trinajstić information content (AvgIpc) is 3.21. The highest BCUT2D eigenvalue weighted by atomic mass is 28.4. The smallest absolute Gasteiger partial charge is 0.312 e. The second kappa shape index (κ2) is 8.19. The zero-order valence-electron chi connectivity index (χ0n) is 21.7. The van der Waals surface area contributed by atoms with Crippen molar-refractivity contribution in [3.8, 4) is 0 Å². The second-order valence-electron chi connectivity index (χ2n) is 12.2. The summed E-state index contributed by atoms with van der Waals surface area (Å²) in [5.41, 5.74) is -1.41.